The molecule has 1 radical (unpaired) electrons. The van der Waals surface area contributed by atoms with Gasteiger partial charge in [0.1, 0.15) is 5.58 Å². The summed E-state index contributed by atoms with van der Waals surface area (Å²) in [6.45, 7) is 22.7. The molecular formula is C55H55IrN3OSi-2. The van der Waals surface area contributed by atoms with Gasteiger partial charge in [-0.3, -0.25) is 0 Å². The van der Waals surface area contributed by atoms with Gasteiger partial charge < -0.3 is 14.4 Å². The molecule has 0 fully saturated rings. The molecule has 0 N–H and O–H groups in total. The van der Waals surface area contributed by atoms with Gasteiger partial charge in [0.25, 0.3) is 0 Å². The van der Waals surface area contributed by atoms with Crippen LogP contribution in [0.2, 0.25) is 19.6 Å². The fourth-order valence-corrected chi connectivity index (χ4v) is 9.47. The Labute approximate surface area is 377 Å². The minimum Gasteiger partial charge on any atom is -0.501 e. The second kappa shape index (κ2) is 18.7. The molecule has 3 heterocycles. The van der Waals surface area contributed by atoms with Crippen LogP contribution in [0.15, 0.2) is 132 Å². The van der Waals surface area contributed by atoms with Crippen LogP contribution in [-0.4, -0.2) is 18.0 Å². The number of fused-ring (bicyclic) bond motifs is 3. The van der Waals surface area contributed by atoms with Gasteiger partial charge in [-0.25, -0.2) is 5.26 Å². The van der Waals surface area contributed by atoms with E-state index in [0.29, 0.717) is 17.4 Å². The zero-order valence-electron chi connectivity index (χ0n) is 37.1. The molecule has 0 bridgehead atoms. The number of aromatic nitrogens is 2. The van der Waals surface area contributed by atoms with Gasteiger partial charge >= 0.3 is 0 Å². The first kappa shape index (κ1) is 45.1. The number of pyridine rings is 2. The van der Waals surface area contributed by atoms with Gasteiger partial charge in [0.15, 0.2) is 0 Å². The molecule has 3 aromatic heterocycles. The standard InChI is InChI=1S/C31H30NO.C24H25N2Si.Ir/c1-20(2)17-21-15-16-32-28(18-21)27-8-6-7-26-25-14-11-23(19-29(25)33-30(26)27)22-9-12-24(13-10-22)31(3,4)5;1-17(2)21-14-23(26-16-24(21)27(3,4)5)19-11-12-20(15-25)22(13-19)18-9-7-6-8-10-18;/h6-7,9-16,18-20H,17H2,1-5H3;6-10,12-14,16-17H,1-5H3;/q2*-1;. The third-order valence-corrected chi connectivity index (χ3v) is 13.1. The van der Waals surface area contributed by atoms with Gasteiger partial charge in [0.2, 0.25) is 0 Å². The molecular weight excluding hydrogens is 939 g/mol. The summed E-state index contributed by atoms with van der Waals surface area (Å²) in [6, 6.07) is 48.6. The third-order valence-electron chi connectivity index (χ3n) is 11.0. The smallest absolute Gasteiger partial charge is 0.121 e. The molecule has 8 rings (SSSR count). The van der Waals surface area contributed by atoms with Crippen LogP contribution in [0.25, 0.3) is 66.7 Å². The van der Waals surface area contributed by atoms with E-state index in [1.165, 1.54) is 27.4 Å². The Kier molecular flexibility index (Phi) is 13.8. The Bertz CT molecular complexity index is 2820. The van der Waals surface area contributed by atoms with Crippen LogP contribution in [0, 0.1) is 29.4 Å². The summed E-state index contributed by atoms with van der Waals surface area (Å²) in [5, 5.41) is 13.1. The molecule has 311 valence electrons. The van der Waals surface area contributed by atoms with Crippen LogP contribution in [-0.2, 0) is 31.9 Å². The molecule has 5 aromatic carbocycles. The molecule has 0 saturated carbocycles. The second-order valence-electron chi connectivity index (χ2n) is 18.6. The van der Waals surface area contributed by atoms with E-state index in [2.05, 4.69) is 164 Å². The van der Waals surface area contributed by atoms with Gasteiger partial charge in [0, 0.05) is 44.0 Å². The minimum atomic E-state index is -1.46. The van der Waals surface area contributed by atoms with Crippen LogP contribution in [0.3, 0.4) is 0 Å². The molecule has 0 aliphatic rings. The zero-order chi connectivity index (χ0) is 42.8. The first-order valence-corrected chi connectivity index (χ1v) is 24.6. The van der Waals surface area contributed by atoms with E-state index in [-0.39, 0.29) is 25.5 Å². The second-order valence-corrected chi connectivity index (χ2v) is 23.6. The molecule has 0 unspecified atom stereocenters. The van der Waals surface area contributed by atoms with Crippen molar-refractivity contribution in [3.05, 3.63) is 162 Å². The van der Waals surface area contributed by atoms with Crippen molar-refractivity contribution in [2.75, 3.05) is 0 Å². The van der Waals surface area contributed by atoms with Crippen molar-refractivity contribution >= 4 is 35.2 Å². The number of nitrogens with zero attached hydrogens (tertiary/aromatic N) is 3. The summed E-state index contributed by atoms with van der Waals surface area (Å²) in [6.07, 6.45) is 4.98. The summed E-state index contributed by atoms with van der Waals surface area (Å²) in [5.41, 5.74) is 14.5. The van der Waals surface area contributed by atoms with Crippen molar-refractivity contribution in [3.63, 3.8) is 0 Å². The maximum absolute atomic E-state index is 9.50. The summed E-state index contributed by atoms with van der Waals surface area (Å²) < 4.78 is 6.43. The van der Waals surface area contributed by atoms with E-state index in [1.807, 2.05) is 48.7 Å². The van der Waals surface area contributed by atoms with Crippen LogP contribution < -0.4 is 5.19 Å². The van der Waals surface area contributed by atoms with Crippen LogP contribution >= 0.6 is 0 Å². The van der Waals surface area contributed by atoms with E-state index < -0.39 is 8.07 Å². The molecule has 0 amide bonds. The Morgan fingerprint density at radius 3 is 2.13 bits per heavy atom. The molecule has 0 spiro atoms. The molecule has 0 atom stereocenters. The Hall–Kier alpha value is -5.44. The Balaban J connectivity index is 0.000000205. The van der Waals surface area contributed by atoms with Crippen molar-refractivity contribution in [2.45, 2.75) is 85.9 Å². The van der Waals surface area contributed by atoms with Crippen LogP contribution in [0.1, 0.15) is 76.6 Å². The predicted octanol–water partition coefficient (Wildman–Crippen LogP) is 14.4. The molecule has 0 saturated heterocycles. The number of hydrogen-bond acceptors (Lipinski definition) is 4. The fraction of sp³-hybridized carbons (Fsp3) is 0.255. The van der Waals surface area contributed by atoms with Gasteiger partial charge in [-0.15, -0.1) is 42.0 Å². The number of benzene rings is 5. The molecule has 8 aromatic rings. The number of hydrogen-bond donors (Lipinski definition) is 0. The van der Waals surface area contributed by atoms with Crippen molar-refractivity contribution in [2.24, 2.45) is 5.92 Å². The van der Waals surface area contributed by atoms with Crippen molar-refractivity contribution in [1.29, 1.82) is 5.26 Å². The average Bonchev–Trinajstić information content (AvgIpc) is 3.61. The first-order chi connectivity index (χ1) is 28.6. The van der Waals surface area contributed by atoms with E-state index in [1.54, 1.807) is 6.07 Å². The monoisotopic (exact) mass is 994 g/mol. The van der Waals surface area contributed by atoms with Gasteiger partial charge in [-0.2, -0.15) is 0 Å². The van der Waals surface area contributed by atoms with E-state index in [9.17, 15) is 5.26 Å². The maximum atomic E-state index is 9.50. The fourth-order valence-electron chi connectivity index (χ4n) is 7.79. The topological polar surface area (TPSA) is 62.7 Å². The Morgan fingerprint density at radius 1 is 0.754 bits per heavy atom. The molecule has 4 nitrogen and oxygen atoms in total. The molecule has 0 aliphatic carbocycles. The average molecular weight is 994 g/mol. The first-order valence-electron chi connectivity index (χ1n) is 21.1. The summed E-state index contributed by atoms with van der Waals surface area (Å²) in [5.74, 6) is 1.04. The normalized spacial score (nSPS) is 11.7. The van der Waals surface area contributed by atoms with E-state index in [0.717, 1.165) is 67.6 Å². The quantitative estimate of drug-likeness (QED) is 0.112. The van der Waals surface area contributed by atoms with Gasteiger partial charge in [-0.05, 0) is 80.2 Å². The Morgan fingerprint density at radius 2 is 1.48 bits per heavy atom. The zero-order valence-corrected chi connectivity index (χ0v) is 40.5. The van der Waals surface area contributed by atoms with Gasteiger partial charge in [0.05, 0.1) is 13.7 Å². The summed E-state index contributed by atoms with van der Waals surface area (Å²) in [4.78, 5) is 9.41. The summed E-state index contributed by atoms with van der Waals surface area (Å²) >= 11 is 0. The molecule has 6 heteroatoms. The van der Waals surface area contributed by atoms with E-state index >= 15 is 0 Å². The number of nitriles is 1. The van der Waals surface area contributed by atoms with Crippen molar-refractivity contribution in [1.82, 2.24) is 9.97 Å². The van der Waals surface area contributed by atoms with E-state index in [4.69, 9.17) is 9.40 Å². The maximum Gasteiger partial charge on any atom is 0.121 e. The number of furan rings is 1. The molecule has 61 heavy (non-hydrogen) atoms. The van der Waals surface area contributed by atoms with Crippen molar-refractivity contribution < 1.29 is 24.5 Å². The third kappa shape index (κ3) is 10.2. The largest absolute Gasteiger partial charge is 0.501 e. The predicted molar refractivity (Wildman–Crippen MR) is 254 cm³/mol. The van der Waals surface area contributed by atoms with Crippen molar-refractivity contribution in [3.8, 4) is 50.8 Å². The van der Waals surface area contributed by atoms with Gasteiger partial charge in [-0.1, -0.05) is 175 Å². The minimum absolute atomic E-state index is 0. The summed E-state index contributed by atoms with van der Waals surface area (Å²) in [7, 11) is -1.46. The number of rotatable bonds is 8. The van der Waals surface area contributed by atoms with Crippen LogP contribution in [0.5, 0.6) is 0 Å². The molecule has 0 aliphatic heterocycles. The SMILES string of the molecule is CC(C)Cc1ccnc(-c2[c-]ccc3c2oc2cc(-c4ccc(C(C)(C)C)cc4)ccc23)c1.CC(C)c1cc(-c2[c-]cc(C#N)c(-c3ccccc3)c2)ncc1[Si](C)(C)C.[Ir]. The van der Waals surface area contributed by atoms with Crippen LogP contribution in [0.4, 0.5) is 0 Å².